The summed E-state index contributed by atoms with van der Waals surface area (Å²) in [6.45, 7) is 3.92. The van der Waals surface area contributed by atoms with E-state index in [-0.39, 0.29) is 43.8 Å². The van der Waals surface area contributed by atoms with Crippen molar-refractivity contribution >= 4 is 61.5 Å². The molecular weight excluding hydrogens is 485 g/mol. The number of ketones is 1. The van der Waals surface area contributed by atoms with E-state index in [4.69, 9.17) is 28.9 Å². The smallest absolute Gasteiger partial charge is 0.263 e. The zero-order valence-electron chi connectivity index (χ0n) is 17.6. The molecule has 3 N–H and O–H groups in total. The van der Waals surface area contributed by atoms with Gasteiger partial charge in [0.2, 0.25) is 0 Å². The molecule has 0 spiro atoms. The summed E-state index contributed by atoms with van der Waals surface area (Å²) in [5, 5.41) is 0.480. The Labute approximate surface area is 200 Å². The van der Waals surface area contributed by atoms with Crippen LogP contribution in [0, 0.1) is 0 Å². The van der Waals surface area contributed by atoms with Crippen molar-refractivity contribution in [3.8, 4) is 0 Å². The molecule has 33 heavy (non-hydrogen) atoms. The van der Waals surface area contributed by atoms with E-state index in [2.05, 4.69) is 14.7 Å². The number of nitrogens with two attached hydrogens (primary N) is 1. The summed E-state index contributed by atoms with van der Waals surface area (Å²) < 4.78 is 30.0. The summed E-state index contributed by atoms with van der Waals surface area (Å²) in [6, 6.07) is 10.5. The first kappa shape index (κ1) is 23.0. The van der Waals surface area contributed by atoms with Crippen LogP contribution >= 0.6 is 23.2 Å². The maximum atomic E-state index is 13.4. The monoisotopic (exact) mass is 503 g/mol. The molecule has 2 aromatic carbocycles. The van der Waals surface area contributed by atoms with Crippen LogP contribution in [0.4, 0.5) is 11.5 Å². The minimum Gasteiger partial charge on any atom is -0.383 e. The van der Waals surface area contributed by atoms with E-state index in [0.717, 1.165) is 0 Å². The highest BCUT2D eigenvalue weighted by Gasteiger charge is 2.23. The Balaban J connectivity index is 1.73. The molecule has 0 amide bonds. The van der Waals surface area contributed by atoms with Gasteiger partial charge in [0.25, 0.3) is 10.0 Å². The average molecular weight is 504 g/mol. The van der Waals surface area contributed by atoms with Gasteiger partial charge in [0, 0.05) is 23.5 Å². The molecule has 4 rings (SSSR count). The first-order chi connectivity index (χ1) is 15.6. The van der Waals surface area contributed by atoms with Crippen LogP contribution in [0.25, 0.3) is 11.0 Å². The fraction of sp³-hybridized carbons (Fsp3) is 0.136. The Morgan fingerprint density at radius 3 is 2.58 bits per heavy atom. The molecule has 0 aliphatic carbocycles. The Bertz CT molecular complexity index is 1500. The van der Waals surface area contributed by atoms with Crippen LogP contribution in [0.5, 0.6) is 0 Å². The van der Waals surface area contributed by atoms with Crippen molar-refractivity contribution in [2.45, 2.75) is 24.8 Å². The molecule has 0 bridgehead atoms. The highest BCUT2D eigenvalue weighted by Crippen LogP contribution is 2.31. The molecule has 0 saturated carbocycles. The van der Waals surface area contributed by atoms with Crippen molar-refractivity contribution in [1.29, 1.82) is 0 Å². The van der Waals surface area contributed by atoms with E-state index in [1.165, 1.54) is 36.7 Å². The molecule has 11 heteroatoms. The number of benzene rings is 2. The number of hydrogen-bond acceptors (Lipinski definition) is 6. The van der Waals surface area contributed by atoms with Gasteiger partial charge in [-0.05, 0) is 38.1 Å². The van der Waals surface area contributed by atoms with E-state index >= 15 is 0 Å². The second-order valence-electron chi connectivity index (χ2n) is 7.57. The molecule has 0 aliphatic rings. The molecule has 0 atom stereocenters. The van der Waals surface area contributed by atoms with Crippen molar-refractivity contribution < 1.29 is 13.2 Å². The van der Waals surface area contributed by atoms with Gasteiger partial charge >= 0.3 is 0 Å². The van der Waals surface area contributed by atoms with Crippen LogP contribution in [-0.2, 0) is 10.0 Å². The third kappa shape index (κ3) is 4.27. The van der Waals surface area contributed by atoms with Gasteiger partial charge < -0.3 is 10.3 Å². The first-order valence-electron chi connectivity index (χ1n) is 9.82. The van der Waals surface area contributed by atoms with E-state index in [1.807, 2.05) is 18.4 Å². The number of rotatable bonds is 6. The van der Waals surface area contributed by atoms with Crippen molar-refractivity contribution in [3.05, 3.63) is 76.2 Å². The topological polar surface area (TPSA) is 120 Å². The van der Waals surface area contributed by atoms with Crippen molar-refractivity contribution in [2.24, 2.45) is 0 Å². The SMILES string of the molecule is CC(C)n1cc(C(=O)c2cccc(NS(=O)(=O)c3cccc(Cl)c3Cl)c2)c2c(N)ncnc21. The predicted molar refractivity (Wildman–Crippen MR) is 129 cm³/mol. The molecule has 0 fully saturated rings. The van der Waals surface area contributed by atoms with E-state index in [1.54, 1.807) is 18.3 Å². The highest BCUT2D eigenvalue weighted by atomic mass is 35.5. The van der Waals surface area contributed by atoms with Gasteiger partial charge in [0.1, 0.15) is 22.7 Å². The molecule has 0 unspecified atom stereocenters. The van der Waals surface area contributed by atoms with Crippen molar-refractivity contribution in [2.75, 3.05) is 10.5 Å². The standard InChI is InChI=1S/C22H19Cl2N5O3S/c1-12(2)29-10-15(18-21(25)26-11-27-22(18)29)20(30)13-5-3-6-14(9-13)28-33(31,32)17-8-4-7-16(23)19(17)24/h3-12,28H,1-2H3,(H2,25,26,27). The number of anilines is 2. The predicted octanol–water partition coefficient (Wildman–Crippen LogP) is 4.93. The van der Waals surface area contributed by atoms with Gasteiger partial charge in [-0.1, -0.05) is 41.4 Å². The summed E-state index contributed by atoms with van der Waals surface area (Å²) >= 11 is 12.0. The number of nitrogens with one attached hydrogen (secondary N) is 1. The van der Waals surface area contributed by atoms with Crippen LogP contribution in [-0.4, -0.2) is 28.7 Å². The quantitative estimate of drug-likeness (QED) is 0.359. The van der Waals surface area contributed by atoms with Gasteiger partial charge in [-0.25, -0.2) is 18.4 Å². The zero-order chi connectivity index (χ0) is 23.9. The average Bonchev–Trinajstić information content (AvgIpc) is 3.16. The molecule has 0 aliphatic heterocycles. The van der Waals surface area contributed by atoms with Gasteiger partial charge in [-0.3, -0.25) is 9.52 Å². The van der Waals surface area contributed by atoms with Gasteiger partial charge in [-0.2, -0.15) is 0 Å². The number of nitrogen functional groups attached to an aromatic ring is 1. The Hall–Kier alpha value is -3.14. The fourth-order valence-corrected chi connectivity index (χ4v) is 5.27. The number of fused-ring (bicyclic) bond motifs is 1. The lowest BCUT2D eigenvalue weighted by molar-refractivity contribution is 0.104. The second kappa shape index (κ2) is 8.66. The van der Waals surface area contributed by atoms with Crippen molar-refractivity contribution in [3.63, 3.8) is 0 Å². The number of carbonyl (C=O) groups is 1. The molecular formula is C22H19Cl2N5O3S. The number of aromatic nitrogens is 3. The number of halogens is 2. The summed E-state index contributed by atoms with van der Waals surface area (Å²) in [7, 11) is -4.04. The summed E-state index contributed by atoms with van der Waals surface area (Å²) in [5.41, 5.74) is 7.39. The third-order valence-corrected chi connectivity index (χ3v) is 7.38. The number of nitrogens with zero attached hydrogens (tertiary/aromatic N) is 3. The maximum Gasteiger partial charge on any atom is 0.263 e. The number of hydrogen-bond donors (Lipinski definition) is 2. The van der Waals surface area contributed by atoms with Crippen LogP contribution in [0.2, 0.25) is 10.0 Å². The molecule has 2 aromatic heterocycles. The van der Waals surface area contributed by atoms with Crippen molar-refractivity contribution in [1.82, 2.24) is 14.5 Å². The normalized spacial score (nSPS) is 11.8. The van der Waals surface area contributed by atoms with Gasteiger partial charge in [0.15, 0.2) is 5.78 Å². The third-order valence-electron chi connectivity index (χ3n) is 5.02. The fourth-order valence-electron chi connectivity index (χ4n) is 3.46. The summed E-state index contributed by atoms with van der Waals surface area (Å²) in [6.07, 6.45) is 3.03. The molecule has 4 aromatic rings. The lowest BCUT2D eigenvalue weighted by Crippen LogP contribution is -2.14. The van der Waals surface area contributed by atoms with Crippen LogP contribution in [0.1, 0.15) is 35.8 Å². The molecule has 2 heterocycles. The summed E-state index contributed by atoms with van der Waals surface area (Å²) in [5.74, 6) is -0.155. The van der Waals surface area contributed by atoms with Gasteiger partial charge in [0.05, 0.1) is 21.0 Å². The Morgan fingerprint density at radius 2 is 1.85 bits per heavy atom. The zero-order valence-corrected chi connectivity index (χ0v) is 19.9. The second-order valence-corrected chi connectivity index (χ2v) is 10.0. The van der Waals surface area contributed by atoms with Crippen LogP contribution in [0.3, 0.4) is 0 Å². The summed E-state index contributed by atoms with van der Waals surface area (Å²) in [4.78, 5) is 21.5. The Kier molecular flexibility index (Phi) is 6.04. The van der Waals surface area contributed by atoms with E-state index < -0.39 is 10.0 Å². The van der Waals surface area contributed by atoms with Gasteiger partial charge in [-0.15, -0.1) is 0 Å². The van der Waals surface area contributed by atoms with E-state index in [9.17, 15) is 13.2 Å². The number of carbonyl (C=O) groups excluding carboxylic acids is 1. The lowest BCUT2D eigenvalue weighted by atomic mass is 10.0. The molecule has 0 saturated heterocycles. The lowest BCUT2D eigenvalue weighted by Gasteiger charge is -2.11. The highest BCUT2D eigenvalue weighted by molar-refractivity contribution is 7.92. The van der Waals surface area contributed by atoms with Crippen LogP contribution < -0.4 is 10.5 Å². The first-order valence-corrected chi connectivity index (χ1v) is 12.1. The Morgan fingerprint density at radius 1 is 1.12 bits per heavy atom. The minimum absolute atomic E-state index is 0.0314. The molecule has 0 radical (unpaired) electrons. The largest absolute Gasteiger partial charge is 0.383 e. The maximum absolute atomic E-state index is 13.4. The van der Waals surface area contributed by atoms with E-state index in [0.29, 0.717) is 16.6 Å². The molecule has 8 nitrogen and oxygen atoms in total. The minimum atomic E-state index is -4.04. The molecule has 170 valence electrons. The van der Waals surface area contributed by atoms with Crippen LogP contribution in [0.15, 0.2) is 59.9 Å². The number of sulfonamides is 1.